The lowest BCUT2D eigenvalue weighted by atomic mass is 10.2. The summed E-state index contributed by atoms with van der Waals surface area (Å²) in [6.07, 6.45) is 6.93. The SMILES string of the molecule is C#CCC(N)c1ncn[nH]1.Cl. The van der Waals surface area contributed by atoms with Gasteiger partial charge in [-0.05, 0) is 0 Å². The third-order valence-electron chi connectivity index (χ3n) is 1.12. The van der Waals surface area contributed by atoms with E-state index in [1.165, 1.54) is 6.33 Å². The minimum absolute atomic E-state index is 0. The number of hydrogen-bond acceptors (Lipinski definition) is 3. The zero-order valence-corrected chi connectivity index (χ0v) is 6.64. The van der Waals surface area contributed by atoms with E-state index in [9.17, 15) is 0 Å². The second-order valence-electron chi connectivity index (χ2n) is 1.89. The summed E-state index contributed by atoms with van der Waals surface area (Å²) in [5.41, 5.74) is 5.57. The fraction of sp³-hybridized carbons (Fsp3) is 0.333. The van der Waals surface area contributed by atoms with Gasteiger partial charge in [0.25, 0.3) is 0 Å². The third-order valence-corrected chi connectivity index (χ3v) is 1.12. The first kappa shape index (κ1) is 9.95. The van der Waals surface area contributed by atoms with Crippen molar-refractivity contribution in [3.05, 3.63) is 12.2 Å². The Morgan fingerprint density at radius 1 is 1.82 bits per heavy atom. The van der Waals surface area contributed by atoms with Crippen LogP contribution in [-0.2, 0) is 0 Å². The number of terminal acetylenes is 1. The molecule has 0 aromatic carbocycles. The summed E-state index contributed by atoms with van der Waals surface area (Å²) in [5, 5.41) is 6.28. The van der Waals surface area contributed by atoms with Crippen LogP contribution in [0.2, 0.25) is 0 Å². The van der Waals surface area contributed by atoms with Crippen molar-refractivity contribution in [1.29, 1.82) is 0 Å². The van der Waals surface area contributed by atoms with Crippen LogP contribution in [-0.4, -0.2) is 15.2 Å². The Balaban J connectivity index is 0.000001000. The Labute approximate surface area is 71.0 Å². The molecule has 0 bridgehead atoms. The molecule has 1 unspecified atom stereocenters. The number of nitrogens with two attached hydrogens (primary N) is 1. The Kier molecular flexibility index (Phi) is 4.27. The van der Waals surface area contributed by atoms with E-state index in [0.29, 0.717) is 12.2 Å². The summed E-state index contributed by atoms with van der Waals surface area (Å²) in [5.74, 6) is 3.08. The Hall–Kier alpha value is -1.05. The fourth-order valence-electron chi connectivity index (χ4n) is 0.617. The highest BCUT2D eigenvalue weighted by atomic mass is 35.5. The summed E-state index contributed by atoms with van der Waals surface area (Å²) in [7, 11) is 0. The van der Waals surface area contributed by atoms with E-state index >= 15 is 0 Å². The maximum Gasteiger partial charge on any atom is 0.142 e. The van der Waals surface area contributed by atoms with E-state index in [4.69, 9.17) is 12.2 Å². The summed E-state index contributed by atoms with van der Waals surface area (Å²) in [6, 6.07) is -0.215. The van der Waals surface area contributed by atoms with E-state index in [-0.39, 0.29) is 18.4 Å². The van der Waals surface area contributed by atoms with Gasteiger partial charge >= 0.3 is 0 Å². The molecule has 1 aromatic rings. The van der Waals surface area contributed by atoms with Crippen LogP contribution >= 0.6 is 12.4 Å². The van der Waals surface area contributed by atoms with Gasteiger partial charge in [0.15, 0.2) is 0 Å². The first-order valence-corrected chi connectivity index (χ1v) is 2.89. The molecule has 0 radical (unpaired) electrons. The molecule has 0 aliphatic rings. The lowest BCUT2D eigenvalue weighted by Crippen LogP contribution is -2.10. The summed E-state index contributed by atoms with van der Waals surface area (Å²) in [4.78, 5) is 3.85. The lowest BCUT2D eigenvalue weighted by molar-refractivity contribution is 0.696. The van der Waals surface area contributed by atoms with Crippen LogP contribution in [0.25, 0.3) is 0 Å². The predicted molar refractivity (Wildman–Crippen MR) is 44.0 cm³/mol. The average Bonchev–Trinajstić information content (AvgIpc) is 2.38. The molecular weight excluding hydrogens is 164 g/mol. The number of aromatic amines is 1. The van der Waals surface area contributed by atoms with Crippen LogP contribution in [0.5, 0.6) is 0 Å². The smallest absolute Gasteiger partial charge is 0.142 e. The van der Waals surface area contributed by atoms with Gasteiger partial charge in [-0.3, -0.25) is 5.10 Å². The summed E-state index contributed by atoms with van der Waals surface area (Å²) < 4.78 is 0. The highest BCUT2D eigenvalue weighted by Gasteiger charge is 2.05. The quantitative estimate of drug-likeness (QED) is 0.629. The molecule has 60 valence electrons. The lowest BCUT2D eigenvalue weighted by Gasteiger charge is -2.00. The number of aromatic nitrogens is 3. The van der Waals surface area contributed by atoms with Crippen molar-refractivity contribution in [2.45, 2.75) is 12.5 Å². The summed E-state index contributed by atoms with van der Waals surface area (Å²) >= 11 is 0. The number of hydrogen-bond donors (Lipinski definition) is 2. The van der Waals surface area contributed by atoms with Crippen molar-refractivity contribution in [3.63, 3.8) is 0 Å². The van der Waals surface area contributed by atoms with Gasteiger partial charge in [-0.25, -0.2) is 4.98 Å². The zero-order chi connectivity index (χ0) is 7.40. The zero-order valence-electron chi connectivity index (χ0n) is 5.82. The van der Waals surface area contributed by atoms with E-state index in [2.05, 4.69) is 21.1 Å². The molecule has 0 spiro atoms. The average molecular weight is 173 g/mol. The maximum absolute atomic E-state index is 5.57. The van der Waals surface area contributed by atoms with Gasteiger partial charge < -0.3 is 5.73 Å². The number of rotatable bonds is 2. The third kappa shape index (κ3) is 2.58. The second-order valence-corrected chi connectivity index (χ2v) is 1.89. The van der Waals surface area contributed by atoms with Crippen molar-refractivity contribution >= 4 is 12.4 Å². The van der Waals surface area contributed by atoms with Crippen LogP contribution < -0.4 is 5.73 Å². The molecular formula is C6H9ClN4. The van der Waals surface area contributed by atoms with Crippen LogP contribution in [0.3, 0.4) is 0 Å². The molecule has 1 aromatic heterocycles. The molecule has 0 fully saturated rings. The van der Waals surface area contributed by atoms with Gasteiger partial charge in [0.05, 0.1) is 6.04 Å². The molecule has 0 aliphatic carbocycles. The van der Waals surface area contributed by atoms with Crippen LogP contribution in [0.15, 0.2) is 6.33 Å². The van der Waals surface area contributed by atoms with Crippen molar-refractivity contribution in [2.24, 2.45) is 5.73 Å². The Morgan fingerprint density at radius 2 is 2.55 bits per heavy atom. The van der Waals surface area contributed by atoms with Gasteiger partial charge in [-0.15, -0.1) is 24.8 Å². The number of halogens is 1. The predicted octanol–water partition coefficient (Wildman–Crippen LogP) is 0.250. The Bertz CT molecular complexity index is 225. The molecule has 0 aliphatic heterocycles. The highest BCUT2D eigenvalue weighted by Crippen LogP contribution is 2.04. The van der Waals surface area contributed by atoms with Crippen molar-refractivity contribution < 1.29 is 0 Å². The molecule has 11 heavy (non-hydrogen) atoms. The van der Waals surface area contributed by atoms with E-state index in [0.717, 1.165) is 0 Å². The van der Waals surface area contributed by atoms with Gasteiger partial charge in [-0.2, -0.15) is 5.10 Å². The molecule has 3 N–H and O–H groups in total. The minimum atomic E-state index is -0.215. The number of H-pyrrole nitrogens is 1. The second kappa shape index (κ2) is 4.72. The van der Waals surface area contributed by atoms with E-state index in [1.54, 1.807) is 0 Å². The molecule has 0 saturated heterocycles. The number of nitrogens with zero attached hydrogens (tertiary/aromatic N) is 2. The normalized spacial score (nSPS) is 11.3. The van der Waals surface area contributed by atoms with Gasteiger partial charge in [0.1, 0.15) is 12.2 Å². The van der Waals surface area contributed by atoms with Gasteiger partial charge in [-0.1, -0.05) is 0 Å². The maximum atomic E-state index is 5.57. The molecule has 1 atom stereocenters. The largest absolute Gasteiger partial charge is 0.321 e. The van der Waals surface area contributed by atoms with Crippen molar-refractivity contribution in [1.82, 2.24) is 15.2 Å². The molecule has 4 nitrogen and oxygen atoms in total. The molecule has 1 rings (SSSR count). The monoisotopic (exact) mass is 172 g/mol. The van der Waals surface area contributed by atoms with Crippen molar-refractivity contribution in [2.75, 3.05) is 0 Å². The highest BCUT2D eigenvalue weighted by molar-refractivity contribution is 5.85. The van der Waals surface area contributed by atoms with Crippen LogP contribution in [0.4, 0.5) is 0 Å². The van der Waals surface area contributed by atoms with Gasteiger partial charge in [0, 0.05) is 6.42 Å². The van der Waals surface area contributed by atoms with E-state index < -0.39 is 0 Å². The van der Waals surface area contributed by atoms with Crippen LogP contribution in [0, 0.1) is 12.3 Å². The Morgan fingerprint density at radius 3 is 3.00 bits per heavy atom. The number of nitrogens with one attached hydrogen (secondary N) is 1. The fourth-order valence-corrected chi connectivity index (χ4v) is 0.617. The minimum Gasteiger partial charge on any atom is -0.321 e. The van der Waals surface area contributed by atoms with E-state index in [1.807, 2.05) is 0 Å². The topological polar surface area (TPSA) is 67.6 Å². The molecule has 5 heteroatoms. The van der Waals surface area contributed by atoms with Gasteiger partial charge in [0.2, 0.25) is 0 Å². The van der Waals surface area contributed by atoms with Crippen LogP contribution in [0.1, 0.15) is 18.3 Å². The molecule has 1 heterocycles. The standard InChI is InChI=1S/C6H8N4.ClH/c1-2-3-5(7)6-8-4-9-10-6;/h1,4-5H,3,7H2,(H,8,9,10);1H. The summed E-state index contributed by atoms with van der Waals surface area (Å²) in [6.45, 7) is 0. The first-order valence-electron chi connectivity index (χ1n) is 2.89. The molecule has 0 saturated carbocycles. The first-order chi connectivity index (χ1) is 4.84. The van der Waals surface area contributed by atoms with Crippen molar-refractivity contribution in [3.8, 4) is 12.3 Å². The molecule has 0 amide bonds.